The molecule has 0 spiro atoms. The zero-order valence-electron chi connectivity index (χ0n) is 17.9. The van der Waals surface area contributed by atoms with E-state index in [4.69, 9.17) is 9.47 Å². The van der Waals surface area contributed by atoms with Crippen molar-refractivity contribution in [2.75, 3.05) is 33.9 Å². The Labute approximate surface area is 170 Å². The summed E-state index contributed by atoms with van der Waals surface area (Å²) in [5.41, 5.74) is 5.88. The Hall–Kier alpha value is -1.75. The molecule has 2 heterocycles. The molecule has 28 heavy (non-hydrogen) atoms. The van der Waals surface area contributed by atoms with E-state index in [1.807, 2.05) is 0 Å². The van der Waals surface area contributed by atoms with E-state index in [1.54, 1.807) is 7.11 Å². The van der Waals surface area contributed by atoms with Crippen LogP contribution in [0.15, 0.2) is 23.3 Å². The highest BCUT2D eigenvalue weighted by atomic mass is 16.5. The summed E-state index contributed by atoms with van der Waals surface area (Å²) in [5, 5.41) is 4.59. The van der Waals surface area contributed by atoms with E-state index in [0.717, 1.165) is 44.0 Å². The maximum Gasteiger partial charge on any atom is 0.161 e. The monoisotopic (exact) mass is 387 g/mol. The molecule has 1 aromatic carbocycles. The van der Waals surface area contributed by atoms with Gasteiger partial charge in [-0.25, -0.2) is 0 Å². The Kier molecular flexibility index (Phi) is 8.01. The van der Waals surface area contributed by atoms with E-state index in [1.165, 1.54) is 49.8 Å². The summed E-state index contributed by atoms with van der Waals surface area (Å²) >= 11 is 0. The van der Waals surface area contributed by atoms with Crippen LogP contribution in [0.5, 0.6) is 11.5 Å². The van der Waals surface area contributed by atoms with E-state index < -0.39 is 0 Å². The molecule has 1 N–H and O–H groups in total. The number of hydrogen-bond donors (Lipinski definition) is 1. The average molecular weight is 388 g/mol. The second-order valence-electron chi connectivity index (χ2n) is 8.21. The van der Waals surface area contributed by atoms with Crippen molar-refractivity contribution in [3.05, 3.63) is 23.8 Å². The minimum absolute atomic E-state index is 0.226. The van der Waals surface area contributed by atoms with Crippen molar-refractivity contribution in [2.45, 2.75) is 64.3 Å². The number of unbranched alkanes of at least 4 members (excludes halogenated alkanes) is 6. The summed E-state index contributed by atoms with van der Waals surface area (Å²) in [5.74, 6) is 2.11. The molecule has 1 saturated heterocycles. The number of benzene rings is 1. The largest absolute Gasteiger partial charge is 0.493 e. The zero-order chi connectivity index (χ0) is 19.8. The van der Waals surface area contributed by atoms with E-state index in [2.05, 4.69) is 47.6 Å². The number of likely N-dealkylation sites (tertiary alicyclic amines) is 1. The molecule has 0 bridgehead atoms. The van der Waals surface area contributed by atoms with Gasteiger partial charge in [0, 0.05) is 31.1 Å². The first-order valence-electron chi connectivity index (χ1n) is 11.0. The number of hydrogen-bond acceptors (Lipinski definition) is 5. The van der Waals surface area contributed by atoms with Gasteiger partial charge in [-0.3, -0.25) is 0 Å². The fourth-order valence-corrected chi connectivity index (χ4v) is 4.25. The van der Waals surface area contributed by atoms with Crippen LogP contribution in [0.25, 0.3) is 0 Å². The summed E-state index contributed by atoms with van der Waals surface area (Å²) in [7, 11) is 3.91. The van der Waals surface area contributed by atoms with Crippen LogP contribution in [0.2, 0.25) is 0 Å². The lowest BCUT2D eigenvalue weighted by atomic mass is 9.86. The van der Waals surface area contributed by atoms with Crippen molar-refractivity contribution >= 4 is 5.71 Å². The first-order valence-corrected chi connectivity index (χ1v) is 11.0. The number of methoxy groups -OCH3 is 1. The maximum atomic E-state index is 6.01. The molecule has 1 aromatic rings. The predicted octanol–water partition coefficient (Wildman–Crippen LogP) is 4.78. The molecule has 2 unspecified atom stereocenters. The molecule has 2 aliphatic rings. The zero-order valence-corrected chi connectivity index (χ0v) is 17.9. The lowest BCUT2D eigenvalue weighted by Gasteiger charge is -2.31. The van der Waals surface area contributed by atoms with Gasteiger partial charge in [0.25, 0.3) is 0 Å². The Bertz CT molecular complexity index is 647. The van der Waals surface area contributed by atoms with Crippen LogP contribution < -0.4 is 14.9 Å². The highest BCUT2D eigenvalue weighted by Gasteiger charge is 2.36. The summed E-state index contributed by atoms with van der Waals surface area (Å²) in [4.78, 5) is 2.39. The second kappa shape index (κ2) is 10.7. The fraction of sp³-hybridized carbons (Fsp3) is 0.696. The van der Waals surface area contributed by atoms with Gasteiger partial charge in [0.05, 0.1) is 19.8 Å². The number of nitrogens with zero attached hydrogens (tertiary/aromatic N) is 2. The minimum Gasteiger partial charge on any atom is -0.493 e. The summed E-state index contributed by atoms with van der Waals surface area (Å²) < 4.78 is 11.6. The molecule has 0 amide bonds. The van der Waals surface area contributed by atoms with Gasteiger partial charge in [-0.15, -0.1) is 0 Å². The van der Waals surface area contributed by atoms with Crippen molar-refractivity contribution in [2.24, 2.45) is 11.0 Å². The van der Waals surface area contributed by atoms with E-state index in [0.29, 0.717) is 5.92 Å². The number of hydrazone groups is 1. The normalized spacial score (nSPS) is 21.8. The van der Waals surface area contributed by atoms with Crippen molar-refractivity contribution in [3.63, 3.8) is 0 Å². The molecule has 5 nitrogen and oxygen atoms in total. The van der Waals surface area contributed by atoms with Crippen molar-refractivity contribution in [1.82, 2.24) is 10.3 Å². The van der Waals surface area contributed by atoms with Gasteiger partial charge in [-0.05, 0) is 31.2 Å². The van der Waals surface area contributed by atoms with Crippen LogP contribution in [0.3, 0.4) is 0 Å². The van der Waals surface area contributed by atoms with Crippen LogP contribution in [-0.2, 0) is 0 Å². The lowest BCUT2D eigenvalue weighted by Crippen LogP contribution is -2.39. The number of piperidine rings is 1. The molecule has 0 aromatic heterocycles. The minimum atomic E-state index is 0.226. The Balaban J connectivity index is 1.50. The van der Waals surface area contributed by atoms with Crippen LogP contribution >= 0.6 is 0 Å². The first-order chi connectivity index (χ1) is 13.7. The van der Waals surface area contributed by atoms with Crippen molar-refractivity contribution in [3.8, 4) is 11.5 Å². The third-order valence-electron chi connectivity index (χ3n) is 5.99. The molecule has 2 atom stereocenters. The predicted molar refractivity (Wildman–Crippen MR) is 115 cm³/mol. The smallest absolute Gasteiger partial charge is 0.161 e. The van der Waals surface area contributed by atoms with Crippen LogP contribution in [0, 0.1) is 5.92 Å². The number of rotatable bonds is 11. The maximum absolute atomic E-state index is 6.01. The SMILES string of the molecule is CCCCCCCCCOc1ccc(C2NN=C3CCN(C)CC32)cc1OC. The Morgan fingerprint density at radius 2 is 1.89 bits per heavy atom. The molecular formula is C23H37N3O2. The molecule has 3 rings (SSSR count). The number of nitrogens with one attached hydrogen (secondary N) is 1. The molecular weight excluding hydrogens is 350 g/mol. The average Bonchev–Trinajstić information content (AvgIpc) is 3.13. The highest BCUT2D eigenvalue weighted by Crippen LogP contribution is 2.36. The fourth-order valence-electron chi connectivity index (χ4n) is 4.25. The standard InChI is InChI=1S/C23H37N3O2/c1-4-5-6-7-8-9-10-15-28-21-12-11-18(16-22(21)27-3)23-19-17-26(2)14-13-20(19)24-25-23/h11-12,16,19,23,25H,4-10,13-15,17H2,1-3H3. The Morgan fingerprint density at radius 3 is 2.68 bits per heavy atom. The van der Waals surface area contributed by atoms with Gasteiger partial charge in [-0.2, -0.15) is 5.10 Å². The molecule has 0 saturated carbocycles. The third kappa shape index (κ3) is 5.40. The summed E-state index contributed by atoms with van der Waals surface area (Å²) in [6.07, 6.45) is 10.1. The van der Waals surface area contributed by atoms with Gasteiger partial charge in [-0.1, -0.05) is 51.5 Å². The number of fused-ring (bicyclic) bond motifs is 1. The molecule has 5 heteroatoms. The molecule has 0 radical (unpaired) electrons. The number of ether oxygens (including phenoxy) is 2. The molecule has 2 aliphatic heterocycles. The van der Waals surface area contributed by atoms with Gasteiger partial charge in [0.1, 0.15) is 0 Å². The Morgan fingerprint density at radius 1 is 1.11 bits per heavy atom. The van der Waals surface area contributed by atoms with E-state index >= 15 is 0 Å². The van der Waals surface area contributed by atoms with Gasteiger partial charge >= 0.3 is 0 Å². The molecule has 156 valence electrons. The van der Waals surface area contributed by atoms with Gasteiger partial charge in [0.15, 0.2) is 11.5 Å². The van der Waals surface area contributed by atoms with E-state index in [-0.39, 0.29) is 6.04 Å². The van der Waals surface area contributed by atoms with E-state index in [9.17, 15) is 0 Å². The molecule has 1 fully saturated rings. The van der Waals surface area contributed by atoms with Gasteiger partial charge in [0.2, 0.25) is 0 Å². The molecule has 0 aliphatic carbocycles. The second-order valence-corrected chi connectivity index (χ2v) is 8.21. The van der Waals surface area contributed by atoms with Gasteiger partial charge < -0.3 is 19.8 Å². The highest BCUT2D eigenvalue weighted by molar-refractivity contribution is 5.89. The first kappa shape index (κ1) is 21.0. The van der Waals surface area contributed by atoms with Crippen LogP contribution in [0.4, 0.5) is 0 Å². The van der Waals surface area contributed by atoms with Crippen LogP contribution in [-0.4, -0.2) is 44.5 Å². The van der Waals surface area contributed by atoms with Crippen molar-refractivity contribution in [1.29, 1.82) is 0 Å². The lowest BCUT2D eigenvalue weighted by molar-refractivity contribution is 0.271. The quantitative estimate of drug-likeness (QED) is 0.555. The summed E-state index contributed by atoms with van der Waals surface area (Å²) in [6.45, 7) is 5.16. The topological polar surface area (TPSA) is 46.1 Å². The van der Waals surface area contributed by atoms with Crippen LogP contribution in [0.1, 0.15) is 69.9 Å². The third-order valence-corrected chi connectivity index (χ3v) is 5.99. The summed E-state index contributed by atoms with van der Waals surface area (Å²) in [6, 6.07) is 6.56. The van der Waals surface area contributed by atoms with Crippen molar-refractivity contribution < 1.29 is 9.47 Å².